The number of para-hydroxylation sites is 1. The Labute approximate surface area is 133 Å². The molecular formula is C14H15ClN2O2S2. The molecule has 1 aliphatic rings. The molecule has 0 radical (unpaired) electrons. The van der Waals surface area contributed by atoms with E-state index < -0.39 is 10.0 Å². The average molecular weight is 343 g/mol. The molecule has 1 heterocycles. The molecule has 1 fully saturated rings. The summed E-state index contributed by atoms with van der Waals surface area (Å²) < 4.78 is 27.5. The number of halogens is 1. The van der Waals surface area contributed by atoms with Gasteiger partial charge >= 0.3 is 0 Å². The molecule has 0 saturated heterocycles. The summed E-state index contributed by atoms with van der Waals surface area (Å²) in [5, 5.41) is 5.62. The van der Waals surface area contributed by atoms with Gasteiger partial charge in [0.05, 0.1) is 10.7 Å². The maximum Gasteiger partial charge on any atom is 0.271 e. The van der Waals surface area contributed by atoms with Gasteiger partial charge in [0, 0.05) is 12.6 Å². The molecule has 0 unspecified atom stereocenters. The van der Waals surface area contributed by atoms with Gasteiger partial charge in [0.15, 0.2) is 0 Å². The molecule has 0 spiro atoms. The Bertz CT molecular complexity index is 739. The lowest BCUT2D eigenvalue weighted by Crippen LogP contribution is -2.15. The second-order valence-corrected chi connectivity index (χ2v) is 8.24. The van der Waals surface area contributed by atoms with Gasteiger partial charge in [-0.25, -0.2) is 8.42 Å². The molecule has 2 N–H and O–H groups in total. The van der Waals surface area contributed by atoms with Crippen molar-refractivity contribution in [1.29, 1.82) is 0 Å². The Hall–Kier alpha value is -1.08. The van der Waals surface area contributed by atoms with Crippen LogP contribution in [-0.2, 0) is 16.6 Å². The van der Waals surface area contributed by atoms with Crippen LogP contribution < -0.4 is 10.0 Å². The predicted octanol–water partition coefficient (Wildman–Crippen LogP) is 3.45. The van der Waals surface area contributed by atoms with E-state index in [4.69, 9.17) is 11.6 Å². The molecule has 21 heavy (non-hydrogen) atoms. The van der Waals surface area contributed by atoms with E-state index in [1.807, 2.05) is 5.38 Å². The van der Waals surface area contributed by atoms with Gasteiger partial charge in [0.1, 0.15) is 4.21 Å². The molecule has 112 valence electrons. The van der Waals surface area contributed by atoms with Crippen molar-refractivity contribution in [3.63, 3.8) is 0 Å². The van der Waals surface area contributed by atoms with Gasteiger partial charge in [-0.1, -0.05) is 23.7 Å². The van der Waals surface area contributed by atoms with Crippen molar-refractivity contribution in [3.8, 4) is 0 Å². The molecular weight excluding hydrogens is 328 g/mol. The summed E-state index contributed by atoms with van der Waals surface area (Å²) in [6.45, 7) is 0.711. The van der Waals surface area contributed by atoms with Crippen LogP contribution in [0.25, 0.3) is 0 Å². The molecule has 1 aromatic carbocycles. The lowest BCUT2D eigenvalue weighted by molar-refractivity contribution is 0.603. The lowest BCUT2D eigenvalue weighted by atomic mass is 10.3. The Balaban J connectivity index is 1.73. The first-order valence-electron chi connectivity index (χ1n) is 6.63. The Kier molecular flexibility index (Phi) is 4.21. The van der Waals surface area contributed by atoms with E-state index in [1.165, 1.54) is 24.2 Å². The summed E-state index contributed by atoms with van der Waals surface area (Å²) >= 11 is 7.20. The maximum absolute atomic E-state index is 12.3. The standard InChI is InChI=1S/C14H15ClN2O2S2/c15-12-3-1-2-4-13(12)17-21(18,19)14-7-10(9-20-14)8-16-11-5-6-11/h1-4,7,9,11,16-17H,5-6,8H2. The van der Waals surface area contributed by atoms with Gasteiger partial charge in [0.25, 0.3) is 10.0 Å². The van der Waals surface area contributed by atoms with Gasteiger partial charge in [-0.05, 0) is 42.0 Å². The number of sulfonamides is 1. The first kappa shape index (κ1) is 14.8. The van der Waals surface area contributed by atoms with E-state index in [1.54, 1.807) is 30.3 Å². The molecule has 1 aromatic heterocycles. The zero-order valence-corrected chi connectivity index (χ0v) is 13.6. The molecule has 7 heteroatoms. The number of nitrogens with one attached hydrogen (secondary N) is 2. The van der Waals surface area contributed by atoms with Gasteiger partial charge < -0.3 is 5.32 Å². The third kappa shape index (κ3) is 3.77. The minimum Gasteiger partial charge on any atom is -0.310 e. The third-order valence-electron chi connectivity index (χ3n) is 3.18. The van der Waals surface area contributed by atoms with Gasteiger partial charge in [-0.3, -0.25) is 4.72 Å². The zero-order valence-electron chi connectivity index (χ0n) is 11.2. The third-order valence-corrected chi connectivity index (χ3v) is 6.37. The van der Waals surface area contributed by atoms with E-state index in [2.05, 4.69) is 10.0 Å². The first-order valence-corrected chi connectivity index (χ1v) is 9.37. The number of benzene rings is 1. The zero-order chi connectivity index (χ0) is 14.9. The molecule has 4 nitrogen and oxygen atoms in total. The van der Waals surface area contributed by atoms with Crippen LogP contribution in [0.2, 0.25) is 5.02 Å². The van der Waals surface area contributed by atoms with Crippen LogP contribution in [0.15, 0.2) is 39.9 Å². The second kappa shape index (κ2) is 5.96. The van der Waals surface area contributed by atoms with E-state index in [0.717, 1.165) is 5.56 Å². The highest BCUT2D eigenvalue weighted by Crippen LogP contribution is 2.27. The summed E-state index contributed by atoms with van der Waals surface area (Å²) in [5.74, 6) is 0. The smallest absolute Gasteiger partial charge is 0.271 e. The van der Waals surface area contributed by atoms with Crippen LogP contribution in [0.4, 0.5) is 5.69 Å². The Morgan fingerprint density at radius 1 is 1.29 bits per heavy atom. The lowest BCUT2D eigenvalue weighted by Gasteiger charge is -2.07. The molecule has 2 aromatic rings. The fraction of sp³-hybridized carbons (Fsp3) is 0.286. The van der Waals surface area contributed by atoms with Crippen LogP contribution in [0.1, 0.15) is 18.4 Å². The topological polar surface area (TPSA) is 58.2 Å². The summed E-state index contributed by atoms with van der Waals surface area (Å²) in [6.07, 6.45) is 2.42. The van der Waals surface area contributed by atoms with Crippen molar-refractivity contribution in [3.05, 3.63) is 46.3 Å². The summed E-state index contributed by atoms with van der Waals surface area (Å²) in [5.41, 5.74) is 1.39. The Morgan fingerprint density at radius 2 is 2.05 bits per heavy atom. The number of hydrogen-bond acceptors (Lipinski definition) is 4. The summed E-state index contributed by atoms with van der Waals surface area (Å²) in [7, 11) is -3.58. The van der Waals surface area contributed by atoms with Crippen LogP contribution in [0.3, 0.4) is 0 Å². The van der Waals surface area contributed by atoms with Crippen molar-refractivity contribution in [1.82, 2.24) is 5.32 Å². The van der Waals surface area contributed by atoms with Crippen LogP contribution in [-0.4, -0.2) is 14.5 Å². The molecule has 3 rings (SSSR count). The van der Waals surface area contributed by atoms with Crippen LogP contribution >= 0.6 is 22.9 Å². The minimum atomic E-state index is -3.58. The normalized spacial score (nSPS) is 15.1. The van der Waals surface area contributed by atoms with Crippen molar-refractivity contribution < 1.29 is 8.42 Å². The van der Waals surface area contributed by atoms with E-state index in [9.17, 15) is 8.42 Å². The molecule has 0 bridgehead atoms. The van der Waals surface area contributed by atoms with Crippen LogP contribution in [0, 0.1) is 0 Å². The molecule has 0 amide bonds. The van der Waals surface area contributed by atoms with E-state index in [0.29, 0.717) is 27.5 Å². The van der Waals surface area contributed by atoms with Gasteiger partial charge in [0.2, 0.25) is 0 Å². The quantitative estimate of drug-likeness (QED) is 0.845. The predicted molar refractivity (Wildman–Crippen MR) is 86.4 cm³/mol. The number of rotatable bonds is 6. The SMILES string of the molecule is O=S(=O)(Nc1ccccc1Cl)c1cc(CNC2CC2)cs1. The highest BCUT2D eigenvalue weighted by Gasteiger charge is 2.21. The van der Waals surface area contributed by atoms with Gasteiger partial charge in [-0.2, -0.15) is 0 Å². The fourth-order valence-electron chi connectivity index (χ4n) is 1.88. The van der Waals surface area contributed by atoms with Crippen molar-refractivity contribution in [2.75, 3.05) is 4.72 Å². The number of anilines is 1. The molecule has 0 aliphatic heterocycles. The monoisotopic (exact) mass is 342 g/mol. The maximum atomic E-state index is 12.3. The highest BCUT2D eigenvalue weighted by atomic mass is 35.5. The minimum absolute atomic E-state index is 0.301. The Morgan fingerprint density at radius 3 is 2.76 bits per heavy atom. The average Bonchev–Trinajstić information content (AvgIpc) is 3.15. The number of hydrogen-bond donors (Lipinski definition) is 2. The molecule has 1 aliphatic carbocycles. The molecule has 0 atom stereocenters. The number of thiophene rings is 1. The highest BCUT2D eigenvalue weighted by molar-refractivity contribution is 7.94. The summed E-state index contributed by atoms with van der Waals surface area (Å²) in [4.78, 5) is 0. The van der Waals surface area contributed by atoms with E-state index >= 15 is 0 Å². The van der Waals surface area contributed by atoms with Crippen molar-refractivity contribution in [2.45, 2.75) is 29.6 Å². The van der Waals surface area contributed by atoms with E-state index in [-0.39, 0.29) is 0 Å². The fourth-order valence-corrected chi connectivity index (χ4v) is 4.40. The first-order chi connectivity index (χ1) is 10.0. The largest absolute Gasteiger partial charge is 0.310 e. The van der Waals surface area contributed by atoms with Crippen molar-refractivity contribution in [2.24, 2.45) is 0 Å². The second-order valence-electron chi connectivity index (χ2n) is 5.01. The molecule has 1 saturated carbocycles. The van der Waals surface area contributed by atoms with Crippen molar-refractivity contribution >= 4 is 38.6 Å². The van der Waals surface area contributed by atoms with Crippen LogP contribution in [0.5, 0.6) is 0 Å². The van der Waals surface area contributed by atoms with Gasteiger partial charge in [-0.15, -0.1) is 11.3 Å². The summed E-state index contributed by atoms with van der Waals surface area (Å²) in [6, 6.07) is 9.10.